The van der Waals surface area contributed by atoms with Gasteiger partial charge in [-0.3, -0.25) is 9.59 Å². The number of hydrogen-bond donors (Lipinski definition) is 4. The highest BCUT2D eigenvalue weighted by atomic mass is 35.5. The molecule has 2 amide bonds. The van der Waals surface area contributed by atoms with Gasteiger partial charge in [0.25, 0.3) is 0 Å². The fraction of sp³-hybridized carbons (Fsp3) is 0.429. The maximum absolute atomic E-state index is 12.2. The zero-order valence-corrected chi connectivity index (χ0v) is 12.7. The van der Waals surface area contributed by atoms with Crippen LogP contribution in [-0.2, 0) is 9.59 Å². The van der Waals surface area contributed by atoms with Crippen molar-refractivity contribution >= 4 is 23.4 Å². The van der Waals surface area contributed by atoms with E-state index in [1.807, 2.05) is 24.3 Å². The van der Waals surface area contributed by atoms with Crippen molar-refractivity contribution in [3.63, 3.8) is 0 Å². The fourth-order valence-corrected chi connectivity index (χ4v) is 2.41. The minimum atomic E-state index is -1.08. The lowest BCUT2D eigenvalue weighted by molar-refractivity contribution is -0.131. The van der Waals surface area contributed by atoms with Crippen molar-refractivity contribution in [2.45, 2.75) is 37.9 Å². The summed E-state index contributed by atoms with van der Waals surface area (Å²) in [5.74, 6) is -0.856. The molecular weight excluding hydrogens is 292 g/mol. The van der Waals surface area contributed by atoms with Gasteiger partial charge >= 0.3 is 0 Å². The molecule has 0 bridgehead atoms. The summed E-state index contributed by atoms with van der Waals surface area (Å²) in [6.07, 6.45) is 0.532. The van der Waals surface area contributed by atoms with Gasteiger partial charge in [0.05, 0.1) is 0 Å². The van der Waals surface area contributed by atoms with Gasteiger partial charge in [0.2, 0.25) is 11.8 Å². The number of rotatable bonds is 4. The zero-order valence-electron chi connectivity index (χ0n) is 11.9. The average Bonchev–Trinajstić information content (AvgIpc) is 2.88. The lowest BCUT2D eigenvalue weighted by Crippen LogP contribution is -2.57. The highest BCUT2D eigenvalue weighted by Gasteiger charge is 2.35. The first-order chi connectivity index (χ1) is 9.81. The molecule has 2 unspecified atom stereocenters. The van der Waals surface area contributed by atoms with Gasteiger partial charge in [0.1, 0.15) is 11.6 Å². The van der Waals surface area contributed by atoms with Gasteiger partial charge < -0.3 is 11.1 Å². The van der Waals surface area contributed by atoms with Crippen molar-refractivity contribution in [1.82, 2.24) is 16.2 Å². The second-order valence-electron chi connectivity index (χ2n) is 5.63. The molecule has 2 atom stereocenters. The Labute approximate surface area is 128 Å². The fourth-order valence-electron chi connectivity index (χ4n) is 2.15. The minimum absolute atomic E-state index is 0.0638. The summed E-state index contributed by atoms with van der Waals surface area (Å²) < 4.78 is 0. The van der Waals surface area contributed by atoms with E-state index >= 15 is 0 Å². The monoisotopic (exact) mass is 310 g/mol. The van der Waals surface area contributed by atoms with Crippen LogP contribution in [0.3, 0.4) is 0 Å². The van der Waals surface area contributed by atoms with Crippen LogP contribution in [-0.4, -0.2) is 23.4 Å². The van der Waals surface area contributed by atoms with Crippen LogP contribution in [0.25, 0.3) is 0 Å². The highest BCUT2D eigenvalue weighted by Crippen LogP contribution is 2.28. The molecule has 114 valence electrons. The second kappa shape index (κ2) is 6.01. The van der Waals surface area contributed by atoms with Crippen LogP contribution in [0.4, 0.5) is 0 Å². The second-order valence-corrected chi connectivity index (χ2v) is 6.04. The molecule has 1 aromatic rings. The summed E-state index contributed by atoms with van der Waals surface area (Å²) in [7, 11) is 0. The van der Waals surface area contributed by atoms with Crippen LogP contribution in [0.5, 0.6) is 0 Å². The number of carbonyl (C=O) groups is 2. The van der Waals surface area contributed by atoms with E-state index in [1.165, 1.54) is 0 Å². The lowest BCUT2D eigenvalue weighted by atomic mass is 10.00. The van der Waals surface area contributed by atoms with E-state index in [0.717, 1.165) is 5.56 Å². The van der Waals surface area contributed by atoms with E-state index in [4.69, 9.17) is 17.3 Å². The van der Waals surface area contributed by atoms with Crippen LogP contribution in [0.15, 0.2) is 24.3 Å². The van der Waals surface area contributed by atoms with Gasteiger partial charge in [-0.15, -0.1) is 0 Å². The number of carbonyl (C=O) groups excluding carboxylic acids is 2. The predicted molar refractivity (Wildman–Crippen MR) is 80.3 cm³/mol. The average molecular weight is 311 g/mol. The van der Waals surface area contributed by atoms with Crippen LogP contribution in [0.2, 0.25) is 5.02 Å². The van der Waals surface area contributed by atoms with E-state index in [2.05, 4.69) is 16.2 Å². The Kier molecular flexibility index (Phi) is 4.51. The van der Waals surface area contributed by atoms with Crippen molar-refractivity contribution in [3.8, 4) is 0 Å². The van der Waals surface area contributed by atoms with Crippen LogP contribution in [0, 0.1) is 0 Å². The third kappa shape index (κ3) is 3.53. The maximum atomic E-state index is 12.2. The van der Waals surface area contributed by atoms with Crippen LogP contribution in [0.1, 0.15) is 31.9 Å². The van der Waals surface area contributed by atoms with E-state index in [0.29, 0.717) is 11.4 Å². The Hall–Kier alpha value is -1.63. The number of nitrogens with two attached hydrogens (primary N) is 1. The van der Waals surface area contributed by atoms with Crippen LogP contribution < -0.4 is 21.9 Å². The Balaban J connectivity index is 2.01. The van der Waals surface area contributed by atoms with E-state index in [-0.39, 0.29) is 11.9 Å². The number of hydrogen-bond acceptors (Lipinski definition) is 4. The largest absolute Gasteiger partial charge is 0.368 e. The Morgan fingerprint density at radius 2 is 2.00 bits per heavy atom. The van der Waals surface area contributed by atoms with Crippen LogP contribution >= 0.6 is 11.6 Å². The van der Waals surface area contributed by atoms with Gasteiger partial charge in [-0.25, -0.2) is 10.9 Å². The van der Waals surface area contributed by atoms with Crippen molar-refractivity contribution in [1.29, 1.82) is 0 Å². The van der Waals surface area contributed by atoms with E-state index in [9.17, 15) is 9.59 Å². The Morgan fingerprint density at radius 3 is 2.62 bits per heavy atom. The van der Waals surface area contributed by atoms with Gasteiger partial charge in [0, 0.05) is 11.1 Å². The van der Waals surface area contributed by atoms with Gasteiger partial charge in [-0.05, 0) is 31.9 Å². The molecule has 2 rings (SSSR count). The number of hydrazine groups is 1. The molecule has 0 aliphatic carbocycles. The molecule has 0 spiro atoms. The molecule has 5 N–H and O–H groups in total. The standard InChI is InChI=1S/C14H19ClN4O2/c1-14(2,13(16)21)17-12(20)11-7-10(18-19-11)8-5-3-4-6-9(8)15/h3-6,10-11,18-19H,7H2,1-2H3,(H2,16,21)(H,17,20). The third-order valence-corrected chi connectivity index (χ3v) is 3.90. The summed E-state index contributed by atoms with van der Waals surface area (Å²) >= 11 is 6.15. The molecule has 0 saturated carbocycles. The van der Waals surface area contributed by atoms with Crippen molar-refractivity contribution < 1.29 is 9.59 Å². The molecule has 0 aromatic heterocycles. The third-order valence-electron chi connectivity index (χ3n) is 3.55. The summed E-state index contributed by atoms with van der Waals surface area (Å²) in [6, 6.07) is 6.95. The quantitative estimate of drug-likeness (QED) is 0.656. The van der Waals surface area contributed by atoms with E-state index in [1.54, 1.807) is 13.8 Å². The van der Waals surface area contributed by atoms with Crippen molar-refractivity contribution in [2.24, 2.45) is 5.73 Å². The molecule has 1 heterocycles. The molecule has 1 fully saturated rings. The predicted octanol–water partition coefficient (Wildman–Crippen LogP) is 0.628. The van der Waals surface area contributed by atoms with Gasteiger partial charge in [-0.1, -0.05) is 29.8 Å². The van der Waals surface area contributed by atoms with E-state index < -0.39 is 17.5 Å². The van der Waals surface area contributed by atoms with Gasteiger partial charge in [0.15, 0.2) is 0 Å². The summed E-state index contributed by atoms with van der Waals surface area (Å²) in [4.78, 5) is 23.4. The topological polar surface area (TPSA) is 96.2 Å². The van der Waals surface area contributed by atoms with Crippen molar-refractivity contribution in [3.05, 3.63) is 34.9 Å². The lowest BCUT2D eigenvalue weighted by Gasteiger charge is -2.24. The molecule has 21 heavy (non-hydrogen) atoms. The van der Waals surface area contributed by atoms with Gasteiger partial charge in [-0.2, -0.15) is 0 Å². The zero-order chi connectivity index (χ0) is 15.6. The first-order valence-electron chi connectivity index (χ1n) is 6.68. The highest BCUT2D eigenvalue weighted by molar-refractivity contribution is 6.31. The number of primary amides is 1. The van der Waals surface area contributed by atoms with Crippen molar-refractivity contribution in [2.75, 3.05) is 0 Å². The number of amides is 2. The molecule has 7 heteroatoms. The number of benzene rings is 1. The summed E-state index contributed by atoms with van der Waals surface area (Å²) in [6.45, 7) is 3.14. The minimum Gasteiger partial charge on any atom is -0.368 e. The molecule has 1 aliphatic heterocycles. The Morgan fingerprint density at radius 1 is 1.33 bits per heavy atom. The number of nitrogens with one attached hydrogen (secondary N) is 3. The summed E-state index contributed by atoms with van der Waals surface area (Å²) in [5, 5.41) is 3.28. The molecule has 0 radical (unpaired) electrons. The number of halogens is 1. The molecule has 1 aliphatic rings. The Bertz CT molecular complexity index is 562. The molecule has 1 aromatic carbocycles. The summed E-state index contributed by atoms with van der Waals surface area (Å²) in [5.41, 5.74) is 11.1. The normalized spacial score (nSPS) is 22.0. The molecule has 6 nitrogen and oxygen atoms in total. The first kappa shape index (κ1) is 15.8. The first-order valence-corrected chi connectivity index (χ1v) is 7.06. The SMILES string of the molecule is CC(C)(NC(=O)C1CC(c2ccccc2Cl)NN1)C(N)=O. The molecule has 1 saturated heterocycles. The molecular formula is C14H19ClN4O2. The maximum Gasteiger partial charge on any atom is 0.242 e. The smallest absolute Gasteiger partial charge is 0.242 e.